The Labute approximate surface area is 191 Å². The molecule has 172 valence electrons. The molecule has 33 heavy (non-hydrogen) atoms. The van der Waals surface area contributed by atoms with E-state index in [1.807, 2.05) is 0 Å². The van der Waals surface area contributed by atoms with Crippen LogP contribution >= 0.6 is 0 Å². The molecule has 1 unspecified atom stereocenters. The molecule has 0 radical (unpaired) electrons. The SMILES string of the molecule is C/C(=N\OCc1ccc(F)cc1)C(Cc1ccc(OS(=O)(=O)c2ccccc2)cc1)C(=O)O. The van der Waals surface area contributed by atoms with Crippen LogP contribution in [0.1, 0.15) is 18.1 Å². The summed E-state index contributed by atoms with van der Waals surface area (Å²) in [7, 11) is -3.96. The number of benzene rings is 3. The predicted octanol–water partition coefficient (Wildman–Crippen LogP) is 4.43. The van der Waals surface area contributed by atoms with Crippen molar-refractivity contribution in [2.45, 2.75) is 24.8 Å². The number of carboxylic acids is 1. The van der Waals surface area contributed by atoms with Gasteiger partial charge in [0.1, 0.15) is 29.0 Å². The molecule has 0 aliphatic carbocycles. The second-order valence-corrected chi connectivity index (χ2v) is 8.77. The topological polar surface area (TPSA) is 102 Å². The Balaban J connectivity index is 1.63. The van der Waals surface area contributed by atoms with E-state index in [1.165, 1.54) is 36.4 Å². The summed E-state index contributed by atoms with van der Waals surface area (Å²) in [5.74, 6) is -2.27. The fourth-order valence-electron chi connectivity index (χ4n) is 2.95. The van der Waals surface area contributed by atoms with E-state index in [2.05, 4.69) is 5.16 Å². The highest BCUT2D eigenvalue weighted by Crippen LogP contribution is 2.21. The third-order valence-corrected chi connectivity index (χ3v) is 6.02. The number of carboxylic acid groups (broad SMARTS) is 1. The lowest BCUT2D eigenvalue weighted by Crippen LogP contribution is -2.24. The van der Waals surface area contributed by atoms with Crippen molar-refractivity contribution < 1.29 is 31.7 Å². The van der Waals surface area contributed by atoms with Crippen molar-refractivity contribution in [2.24, 2.45) is 11.1 Å². The summed E-state index contributed by atoms with van der Waals surface area (Å²) in [6, 6.07) is 19.6. The second kappa shape index (κ2) is 10.7. The lowest BCUT2D eigenvalue weighted by Gasteiger charge is -2.13. The zero-order valence-corrected chi connectivity index (χ0v) is 18.5. The minimum atomic E-state index is -3.96. The number of hydrogen-bond donors (Lipinski definition) is 1. The van der Waals surface area contributed by atoms with E-state index in [0.29, 0.717) is 11.1 Å². The zero-order valence-electron chi connectivity index (χ0n) is 17.7. The van der Waals surface area contributed by atoms with Crippen LogP contribution in [0, 0.1) is 11.7 Å². The van der Waals surface area contributed by atoms with E-state index < -0.39 is 22.0 Å². The van der Waals surface area contributed by atoms with Crippen LogP contribution in [0.15, 0.2) is 88.9 Å². The number of aliphatic carboxylic acids is 1. The first-order valence-corrected chi connectivity index (χ1v) is 11.4. The molecule has 0 saturated heterocycles. The van der Waals surface area contributed by atoms with Gasteiger partial charge in [-0.3, -0.25) is 4.79 Å². The van der Waals surface area contributed by atoms with E-state index in [4.69, 9.17) is 9.02 Å². The highest BCUT2D eigenvalue weighted by molar-refractivity contribution is 7.87. The summed E-state index contributed by atoms with van der Waals surface area (Å²) >= 11 is 0. The van der Waals surface area contributed by atoms with Gasteiger partial charge < -0.3 is 14.1 Å². The van der Waals surface area contributed by atoms with E-state index in [0.717, 1.165) is 0 Å². The number of nitrogens with zero attached hydrogens (tertiary/aromatic N) is 1. The average Bonchev–Trinajstić information content (AvgIpc) is 2.80. The summed E-state index contributed by atoms with van der Waals surface area (Å²) in [5, 5.41) is 13.5. The first-order chi connectivity index (χ1) is 15.7. The number of rotatable bonds is 10. The van der Waals surface area contributed by atoms with Crippen molar-refractivity contribution in [2.75, 3.05) is 0 Å². The van der Waals surface area contributed by atoms with Gasteiger partial charge in [-0.15, -0.1) is 0 Å². The smallest absolute Gasteiger partial charge is 0.339 e. The summed E-state index contributed by atoms with van der Waals surface area (Å²) in [6.45, 7) is 1.62. The standard InChI is InChI=1S/C24H22FNO6S/c1-17(26-31-16-19-7-11-20(25)12-8-19)23(24(27)28)15-18-9-13-21(14-10-18)32-33(29,30)22-5-3-2-4-6-22/h2-14,23H,15-16H2,1H3,(H,27,28)/b26-17+. The molecule has 0 aliphatic rings. The maximum absolute atomic E-state index is 13.0. The van der Waals surface area contributed by atoms with Crippen LogP contribution in [0.25, 0.3) is 0 Å². The minimum absolute atomic E-state index is 0.0347. The van der Waals surface area contributed by atoms with Gasteiger partial charge in [0, 0.05) is 0 Å². The zero-order chi connectivity index (χ0) is 23.8. The molecule has 3 rings (SSSR count). The number of oxime groups is 1. The van der Waals surface area contributed by atoms with Crippen molar-refractivity contribution in [3.05, 3.63) is 95.8 Å². The largest absolute Gasteiger partial charge is 0.481 e. The molecular weight excluding hydrogens is 449 g/mol. The maximum atomic E-state index is 13.0. The Morgan fingerprint density at radius 3 is 2.18 bits per heavy atom. The monoisotopic (exact) mass is 471 g/mol. The molecule has 0 saturated carbocycles. The van der Waals surface area contributed by atoms with Gasteiger partial charge in [0.25, 0.3) is 0 Å². The van der Waals surface area contributed by atoms with Crippen molar-refractivity contribution in [1.29, 1.82) is 0 Å². The van der Waals surface area contributed by atoms with Crippen LogP contribution in [0.4, 0.5) is 4.39 Å². The maximum Gasteiger partial charge on any atom is 0.339 e. The van der Waals surface area contributed by atoms with Gasteiger partial charge >= 0.3 is 16.1 Å². The van der Waals surface area contributed by atoms with Gasteiger partial charge in [0.15, 0.2) is 0 Å². The summed E-state index contributed by atoms with van der Waals surface area (Å²) < 4.78 is 42.7. The van der Waals surface area contributed by atoms with Gasteiger partial charge in [0.05, 0.1) is 5.71 Å². The van der Waals surface area contributed by atoms with Gasteiger partial charge in [0.2, 0.25) is 0 Å². The van der Waals surface area contributed by atoms with Crippen LogP contribution in [0.5, 0.6) is 5.75 Å². The van der Waals surface area contributed by atoms with E-state index in [-0.39, 0.29) is 35.2 Å². The normalized spacial score (nSPS) is 12.7. The van der Waals surface area contributed by atoms with E-state index in [9.17, 15) is 22.7 Å². The van der Waals surface area contributed by atoms with Crippen LogP contribution in [0.2, 0.25) is 0 Å². The molecular formula is C24H22FNO6S. The van der Waals surface area contributed by atoms with Crippen molar-refractivity contribution in [3.8, 4) is 5.75 Å². The van der Waals surface area contributed by atoms with Crippen LogP contribution in [-0.4, -0.2) is 25.2 Å². The Morgan fingerprint density at radius 2 is 1.58 bits per heavy atom. The van der Waals surface area contributed by atoms with Gasteiger partial charge in [-0.25, -0.2) is 4.39 Å². The number of halogens is 1. The third-order valence-electron chi connectivity index (χ3n) is 4.76. The predicted molar refractivity (Wildman–Crippen MR) is 120 cm³/mol. The fraction of sp³-hybridized carbons (Fsp3) is 0.167. The molecule has 0 aliphatic heterocycles. The first kappa shape index (κ1) is 23.9. The molecule has 0 spiro atoms. The quantitative estimate of drug-likeness (QED) is 0.267. The molecule has 0 amide bonds. The number of hydrogen-bond acceptors (Lipinski definition) is 6. The molecule has 1 N–H and O–H groups in total. The molecule has 3 aromatic carbocycles. The van der Waals surface area contributed by atoms with Gasteiger partial charge in [-0.05, 0) is 60.9 Å². The van der Waals surface area contributed by atoms with Gasteiger partial charge in [-0.1, -0.05) is 47.6 Å². The molecule has 9 heteroatoms. The highest BCUT2D eigenvalue weighted by atomic mass is 32.2. The summed E-state index contributed by atoms with van der Waals surface area (Å²) in [5.41, 5.74) is 1.61. The molecule has 0 aromatic heterocycles. The average molecular weight is 472 g/mol. The van der Waals surface area contributed by atoms with Crippen molar-refractivity contribution in [3.63, 3.8) is 0 Å². The van der Waals surface area contributed by atoms with E-state index >= 15 is 0 Å². The molecule has 3 aromatic rings. The second-order valence-electron chi connectivity index (χ2n) is 7.22. The molecule has 0 fully saturated rings. The highest BCUT2D eigenvalue weighted by Gasteiger charge is 2.22. The number of carbonyl (C=O) groups is 1. The fourth-order valence-corrected chi connectivity index (χ4v) is 3.90. The Bertz CT molecular complexity index is 1210. The Morgan fingerprint density at radius 1 is 0.970 bits per heavy atom. The molecule has 1 atom stereocenters. The van der Waals surface area contributed by atoms with Crippen molar-refractivity contribution >= 4 is 21.8 Å². The summed E-state index contributed by atoms with van der Waals surface area (Å²) in [4.78, 5) is 17.0. The first-order valence-electron chi connectivity index (χ1n) is 9.97. The summed E-state index contributed by atoms with van der Waals surface area (Å²) in [6.07, 6.45) is 0.121. The molecule has 7 nitrogen and oxygen atoms in total. The molecule has 0 bridgehead atoms. The lowest BCUT2D eigenvalue weighted by molar-refractivity contribution is -0.139. The van der Waals surface area contributed by atoms with Crippen LogP contribution in [-0.2, 0) is 32.8 Å². The van der Waals surface area contributed by atoms with E-state index in [1.54, 1.807) is 49.4 Å². The lowest BCUT2D eigenvalue weighted by atomic mass is 9.95. The Kier molecular flexibility index (Phi) is 7.78. The third kappa shape index (κ3) is 6.88. The van der Waals surface area contributed by atoms with Crippen molar-refractivity contribution in [1.82, 2.24) is 0 Å². The van der Waals surface area contributed by atoms with Crippen LogP contribution < -0.4 is 4.18 Å². The van der Waals surface area contributed by atoms with Crippen LogP contribution in [0.3, 0.4) is 0 Å². The Hall–Kier alpha value is -3.72. The molecule has 0 heterocycles. The minimum Gasteiger partial charge on any atom is -0.481 e. The van der Waals surface area contributed by atoms with Gasteiger partial charge in [-0.2, -0.15) is 8.42 Å².